The van der Waals surface area contributed by atoms with Crippen molar-refractivity contribution in [2.45, 2.75) is 25.8 Å². The molecule has 1 saturated heterocycles. The van der Waals surface area contributed by atoms with E-state index in [4.69, 9.17) is 0 Å². The van der Waals surface area contributed by atoms with Gasteiger partial charge in [-0.25, -0.2) is 0 Å². The highest BCUT2D eigenvalue weighted by atomic mass is 79.9. The molecule has 1 fully saturated rings. The zero-order valence-corrected chi connectivity index (χ0v) is 18.2. The van der Waals surface area contributed by atoms with Crippen LogP contribution in [0.5, 0.6) is 0 Å². The molecule has 1 atom stereocenters. The summed E-state index contributed by atoms with van der Waals surface area (Å²) in [6, 6.07) is 14.7. The number of nitrogens with one attached hydrogen (secondary N) is 1. The molecule has 0 aliphatic carbocycles. The van der Waals surface area contributed by atoms with Crippen LogP contribution in [-0.4, -0.2) is 39.5 Å². The predicted octanol–water partition coefficient (Wildman–Crippen LogP) is 4.52. The van der Waals surface area contributed by atoms with Crippen LogP contribution < -0.4 is 5.32 Å². The molecule has 3 aromatic rings. The number of carbonyl (C=O) groups is 2. The van der Waals surface area contributed by atoms with Crippen molar-refractivity contribution in [3.8, 4) is 10.6 Å². The number of nitrogens with zero attached hydrogens (tertiary/aromatic N) is 3. The van der Waals surface area contributed by atoms with E-state index in [2.05, 4.69) is 31.4 Å². The molecular weight excluding hydrogens is 452 g/mol. The summed E-state index contributed by atoms with van der Waals surface area (Å²) < 4.78 is 0.985. The van der Waals surface area contributed by atoms with Crippen molar-refractivity contribution in [3.63, 3.8) is 0 Å². The molecule has 8 heteroatoms. The van der Waals surface area contributed by atoms with Gasteiger partial charge in [-0.15, -0.1) is 10.2 Å². The number of amides is 2. The first-order chi connectivity index (χ1) is 14.0. The first kappa shape index (κ1) is 19.7. The van der Waals surface area contributed by atoms with Crippen molar-refractivity contribution in [2.24, 2.45) is 0 Å². The number of benzene rings is 2. The summed E-state index contributed by atoms with van der Waals surface area (Å²) in [5, 5.41) is 12.2. The van der Waals surface area contributed by atoms with Gasteiger partial charge in [-0.1, -0.05) is 57.1 Å². The predicted molar refractivity (Wildman–Crippen MR) is 117 cm³/mol. The number of anilines is 1. The fraction of sp³-hybridized carbons (Fsp3) is 0.238. The number of aromatic nitrogens is 2. The molecule has 2 amide bonds. The van der Waals surface area contributed by atoms with Crippen LogP contribution in [0.1, 0.15) is 28.8 Å². The summed E-state index contributed by atoms with van der Waals surface area (Å²) in [7, 11) is 0. The third-order valence-electron chi connectivity index (χ3n) is 4.86. The molecule has 148 valence electrons. The minimum atomic E-state index is -0.496. The number of carbonyl (C=O) groups excluding carboxylic acids is 2. The van der Waals surface area contributed by atoms with E-state index < -0.39 is 6.04 Å². The monoisotopic (exact) mass is 470 g/mol. The highest BCUT2D eigenvalue weighted by Gasteiger charge is 2.35. The molecule has 0 spiro atoms. The van der Waals surface area contributed by atoms with Crippen molar-refractivity contribution in [2.75, 3.05) is 11.9 Å². The Morgan fingerprint density at radius 2 is 1.83 bits per heavy atom. The molecule has 0 radical (unpaired) electrons. The highest BCUT2D eigenvalue weighted by Crippen LogP contribution is 2.28. The largest absolute Gasteiger partial charge is 0.327 e. The molecule has 29 heavy (non-hydrogen) atoms. The number of hydrogen-bond acceptors (Lipinski definition) is 5. The number of hydrogen-bond donors (Lipinski definition) is 1. The Hall–Kier alpha value is -2.58. The molecule has 1 unspecified atom stereocenters. The summed E-state index contributed by atoms with van der Waals surface area (Å²) in [6.07, 6.45) is 1.44. The average molecular weight is 471 g/mol. The van der Waals surface area contributed by atoms with Gasteiger partial charge in [0, 0.05) is 22.1 Å². The van der Waals surface area contributed by atoms with Gasteiger partial charge in [0.05, 0.1) is 0 Å². The Labute approximate surface area is 181 Å². The Kier molecular flexibility index (Phi) is 5.73. The van der Waals surface area contributed by atoms with Crippen molar-refractivity contribution in [1.29, 1.82) is 0 Å². The second-order valence-electron chi connectivity index (χ2n) is 6.93. The van der Waals surface area contributed by atoms with E-state index in [1.54, 1.807) is 17.0 Å². The molecule has 6 nitrogen and oxygen atoms in total. The summed E-state index contributed by atoms with van der Waals surface area (Å²) in [5.41, 5.74) is 2.63. The minimum Gasteiger partial charge on any atom is -0.327 e. The molecule has 0 bridgehead atoms. The van der Waals surface area contributed by atoms with Gasteiger partial charge >= 0.3 is 0 Å². The van der Waals surface area contributed by atoms with Crippen LogP contribution in [0.4, 0.5) is 5.13 Å². The smallest absolute Gasteiger partial charge is 0.254 e. The Morgan fingerprint density at radius 3 is 2.55 bits per heavy atom. The number of aryl methyl sites for hydroxylation is 1. The standard InChI is InChI=1S/C21H19BrN4O2S/c1-13-4-6-15(7-5-13)20(28)26-12-2-3-17(26)18(27)23-21-25-24-19(29-21)14-8-10-16(22)11-9-14/h4-11,17H,2-3,12H2,1H3,(H,23,25,27). The molecule has 1 N–H and O–H groups in total. The molecule has 1 aliphatic rings. The lowest BCUT2D eigenvalue weighted by atomic mass is 10.1. The Balaban J connectivity index is 1.45. The van der Waals surface area contributed by atoms with Crippen LogP contribution in [0, 0.1) is 6.92 Å². The van der Waals surface area contributed by atoms with Crippen LogP contribution in [0.15, 0.2) is 53.0 Å². The first-order valence-electron chi connectivity index (χ1n) is 9.29. The topological polar surface area (TPSA) is 75.2 Å². The second-order valence-corrected chi connectivity index (χ2v) is 8.82. The summed E-state index contributed by atoms with van der Waals surface area (Å²) in [4.78, 5) is 27.3. The molecule has 2 aromatic carbocycles. The summed E-state index contributed by atoms with van der Waals surface area (Å²) >= 11 is 4.72. The number of rotatable bonds is 4. The van der Waals surface area contributed by atoms with Crippen LogP contribution in [0.2, 0.25) is 0 Å². The molecule has 1 aromatic heterocycles. The van der Waals surface area contributed by atoms with Gasteiger partial charge in [0.1, 0.15) is 11.0 Å². The van der Waals surface area contributed by atoms with Crippen LogP contribution in [0.25, 0.3) is 10.6 Å². The highest BCUT2D eigenvalue weighted by molar-refractivity contribution is 9.10. The quantitative estimate of drug-likeness (QED) is 0.607. The van der Waals surface area contributed by atoms with E-state index in [1.807, 2.05) is 43.3 Å². The third kappa shape index (κ3) is 4.38. The lowest BCUT2D eigenvalue weighted by Crippen LogP contribution is -2.43. The van der Waals surface area contributed by atoms with Gasteiger partial charge in [-0.3, -0.25) is 14.9 Å². The van der Waals surface area contributed by atoms with Gasteiger partial charge < -0.3 is 4.90 Å². The number of halogens is 1. The Morgan fingerprint density at radius 1 is 1.10 bits per heavy atom. The van der Waals surface area contributed by atoms with Gasteiger partial charge in [-0.05, 0) is 44.0 Å². The second kappa shape index (κ2) is 8.42. The van der Waals surface area contributed by atoms with Crippen molar-refractivity contribution in [3.05, 3.63) is 64.1 Å². The first-order valence-corrected chi connectivity index (χ1v) is 10.9. The maximum Gasteiger partial charge on any atom is 0.254 e. The molecule has 2 heterocycles. The summed E-state index contributed by atoms with van der Waals surface area (Å²) in [6.45, 7) is 2.55. The van der Waals surface area contributed by atoms with Crippen LogP contribution in [0.3, 0.4) is 0 Å². The minimum absolute atomic E-state index is 0.115. The van der Waals surface area contributed by atoms with Gasteiger partial charge in [0.15, 0.2) is 0 Å². The fourth-order valence-corrected chi connectivity index (χ4v) is 4.33. The van der Waals surface area contributed by atoms with E-state index >= 15 is 0 Å². The van der Waals surface area contributed by atoms with Crippen molar-refractivity contribution in [1.82, 2.24) is 15.1 Å². The van der Waals surface area contributed by atoms with E-state index in [0.29, 0.717) is 23.7 Å². The summed E-state index contributed by atoms with van der Waals surface area (Å²) in [5.74, 6) is -0.336. The van der Waals surface area contributed by atoms with E-state index in [1.165, 1.54) is 11.3 Å². The van der Waals surface area contributed by atoms with E-state index in [0.717, 1.165) is 27.0 Å². The molecule has 1 aliphatic heterocycles. The zero-order valence-electron chi connectivity index (χ0n) is 15.8. The molecule has 4 rings (SSSR count). The fourth-order valence-electron chi connectivity index (χ4n) is 3.32. The molecule has 0 saturated carbocycles. The van der Waals surface area contributed by atoms with Crippen molar-refractivity contribution >= 4 is 44.2 Å². The Bertz CT molecular complexity index is 1030. The number of likely N-dealkylation sites (tertiary alicyclic amines) is 1. The van der Waals surface area contributed by atoms with Crippen LogP contribution in [-0.2, 0) is 4.79 Å². The lowest BCUT2D eigenvalue weighted by molar-refractivity contribution is -0.119. The van der Waals surface area contributed by atoms with Crippen LogP contribution >= 0.6 is 27.3 Å². The normalized spacial score (nSPS) is 16.1. The van der Waals surface area contributed by atoms with Crippen molar-refractivity contribution < 1.29 is 9.59 Å². The van der Waals surface area contributed by atoms with Gasteiger partial charge in [0.25, 0.3) is 5.91 Å². The van der Waals surface area contributed by atoms with E-state index in [9.17, 15) is 9.59 Å². The lowest BCUT2D eigenvalue weighted by Gasteiger charge is -2.23. The zero-order chi connectivity index (χ0) is 20.4. The SMILES string of the molecule is Cc1ccc(C(=O)N2CCCC2C(=O)Nc2nnc(-c3ccc(Br)cc3)s2)cc1. The average Bonchev–Trinajstić information content (AvgIpc) is 3.38. The van der Waals surface area contributed by atoms with Gasteiger partial charge in [0.2, 0.25) is 11.0 Å². The maximum absolute atomic E-state index is 12.9. The molecular formula is C21H19BrN4O2S. The van der Waals surface area contributed by atoms with E-state index in [-0.39, 0.29) is 11.8 Å². The third-order valence-corrected chi connectivity index (χ3v) is 6.28. The maximum atomic E-state index is 12.9. The van der Waals surface area contributed by atoms with Gasteiger partial charge in [-0.2, -0.15) is 0 Å².